The number of nitrogens with one attached hydrogen (secondary N) is 1. The number of nitrogens with zero attached hydrogens (tertiary/aromatic N) is 2. The Morgan fingerprint density at radius 1 is 0.567 bits per heavy atom. The first-order valence-corrected chi connectivity index (χ1v) is 19.0. The van der Waals surface area contributed by atoms with E-state index in [1.165, 1.54) is 36.5 Å². The van der Waals surface area contributed by atoms with Gasteiger partial charge in [0.15, 0.2) is 30.8 Å². The Balaban J connectivity index is 1.26. The highest BCUT2D eigenvalue weighted by molar-refractivity contribution is 6.03. The van der Waals surface area contributed by atoms with E-state index in [9.17, 15) is 24.0 Å². The number of aromatic nitrogens is 2. The Morgan fingerprint density at radius 2 is 1.03 bits per heavy atom. The van der Waals surface area contributed by atoms with Crippen LogP contribution in [0, 0.1) is 0 Å². The van der Waals surface area contributed by atoms with Crippen molar-refractivity contribution in [2.45, 2.75) is 43.0 Å². The van der Waals surface area contributed by atoms with Crippen LogP contribution in [0.1, 0.15) is 59.5 Å². The highest BCUT2D eigenvalue weighted by Crippen LogP contribution is 2.40. The van der Waals surface area contributed by atoms with Gasteiger partial charge < -0.3 is 33.7 Å². The third-order valence-corrected chi connectivity index (χ3v) is 9.84. The molecule has 302 valence electrons. The van der Waals surface area contributed by atoms with Gasteiger partial charge in [-0.05, 0) is 54.6 Å². The molecular weight excluding hydrogens is 771 g/mol. The molecule has 1 N–H and O–H groups in total. The molecule has 1 amide bonds. The molecule has 3 heterocycles. The number of carbonyl (C=O) groups excluding carboxylic acids is 4. The summed E-state index contributed by atoms with van der Waals surface area (Å²) >= 11 is 0. The zero-order chi connectivity index (χ0) is 41.4. The number of benzene rings is 5. The topological polar surface area (TPSA) is 171 Å². The van der Waals surface area contributed by atoms with Crippen LogP contribution in [0.3, 0.4) is 0 Å². The Labute approximate surface area is 343 Å². The highest BCUT2D eigenvalue weighted by Gasteiger charge is 2.56. The summed E-state index contributed by atoms with van der Waals surface area (Å²) < 4.78 is 39.2. The SMILES string of the molecule is O=C(Nc1ccn([C@@H]2O[C@@H]3COC(c4ccccc4)O[C@H]3[C@H](OC(=O)c3ccccc3)[C@@H](OC(=O)c3ccccc3)[C@H]2OC(=O)c2ccccc2)c(=O)n1)c1ccccc1. The molecule has 7 atom stereocenters. The Bertz CT molecular complexity index is 2490. The number of anilines is 1. The van der Waals surface area contributed by atoms with Crippen LogP contribution < -0.4 is 11.0 Å². The minimum Gasteiger partial charge on any atom is -0.452 e. The lowest BCUT2D eigenvalue weighted by Crippen LogP contribution is -2.55. The summed E-state index contributed by atoms with van der Waals surface area (Å²) in [6.45, 7) is -0.174. The largest absolute Gasteiger partial charge is 0.452 e. The van der Waals surface area contributed by atoms with Gasteiger partial charge in [-0.15, -0.1) is 0 Å². The molecule has 2 aliphatic heterocycles. The van der Waals surface area contributed by atoms with Crippen molar-refractivity contribution in [3.63, 3.8) is 0 Å². The summed E-state index contributed by atoms with van der Waals surface area (Å²) in [4.78, 5) is 73.4. The van der Waals surface area contributed by atoms with Crippen molar-refractivity contribution >= 4 is 29.6 Å². The molecule has 1 unspecified atom stereocenters. The van der Waals surface area contributed by atoms with Gasteiger partial charge in [0, 0.05) is 17.3 Å². The number of ether oxygens (including phenoxy) is 6. The number of carbonyl (C=O) groups is 4. The van der Waals surface area contributed by atoms with Crippen molar-refractivity contribution in [2.75, 3.05) is 11.9 Å². The Kier molecular flexibility index (Phi) is 11.9. The van der Waals surface area contributed by atoms with Crippen LogP contribution in [0.25, 0.3) is 0 Å². The minimum atomic E-state index is -1.72. The van der Waals surface area contributed by atoms with Gasteiger partial charge in [0.05, 0.1) is 23.3 Å². The summed E-state index contributed by atoms with van der Waals surface area (Å²) in [6, 6.07) is 42.9. The van der Waals surface area contributed by atoms with Gasteiger partial charge in [0.2, 0.25) is 0 Å². The van der Waals surface area contributed by atoms with E-state index in [4.69, 9.17) is 28.4 Å². The lowest BCUT2D eigenvalue weighted by atomic mass is 9.98. The van der Waals surface area contributed by atoms with Crippen molar-refractivity contribution in [2.24, 2.45) is 0 Å². The molecule has 8 rings (SSSR count). The number of hydrogen-bond acceptors (Lipinski definition) is 12. The van der Waals surface area contributed by atoms with E-state index in [1.54, 1.807) is 121 Å². The average Bonchev–Trinajstić information content (AvgIpc) is 3.41. The smallest absolute Gasteiger partial charge is 0.351 e. The van der Waals surface area contributed by atoms with E-state index >= 15 is 0 Å². The average molecular weight is 808 g/mol. The van der Waals surface area contributed by atoms with Crippen LogP contribution in [0.4, 0.5) is 5.82 Å². The summed E-state index contributed by atoms with van der Waals surface area (Å²) in [7, 11) is 0. The first-order chi connectivity index (χ1) is 29.3. The van der Waals surface area contributed by atoms with Gasteiger partial charge in [-0.3, -0.25) is 9.36 Å². The summed E-state index contributed by atoms with van der Waals surface area (Å²) in [5.41, 5.74) is 0.447. The third-order valence-electron chi connectivity index (χ3n) is 9.84. The quantitative estimate of drug-likeness (QED) is 0.123. The molecule has 0 saturated carbocycles. The summed E-state index contributed by atoms with van der Waals surface area (Å²) in [6.07, 6.45) is -8.66. The van der Waals surface area contributed by atoms with Crippen LogP contribution >= 0.6 is 0 Å². The normalized spacial score (nSPS) is 22.2. The van der Waals surface area contributed by atoms with Gasteiger partial charge >= 0.3 is 23.6 Å². The lowest BCUT2D eigenvalue weighted by Gasteiger charge is -2.39. The zero-order valence-corrected chi connectivity index (χ0v) is 31.7. The fourth-order valence-electron chi connectivity index (χ4n) is 6.90. The maximum Gasteiger partial charge on any atom is 0.351 e. The number of amides is 1. The second kappa shape index (κ2) is 18.1. The first kappa shape index (κ1) is 39.6. The number of fused-ring (bicyclic) bond motifs is 1. The lowest BCUT2D eigenvalue weighted by molar-refractivity contribution is -0.290. The second-order valence-corrected chi connectivity index (χ2v) is 13.8. The Hall–Kier alpha value is -7.26. The standard InChI is InChI=1S/C46H37N3O11/c50-40(29-16-6-1-7-17-29)47-35-26-27-49(46(54)48-35)41-39(59-44(53)32-22-12-4-13-23-32)38(58-43(52)31-20-10-3-11-21-31)37(57-42(51)30-18-8-2-9-19-30)36-34(56-41)28-55-45(60-36)33-24-14-5-15-25-33/h1-27,34,36-39,41,45H,28H2,(H,47,48,50,54)/t34-,36-,37+,38-,39-,41-,45?/m1/s1. The monoisotopic (exact) mass is 807 g/mol. The molecule has 14 heteroatoms. The second-order valence-electron chi connectivity index (χ2n) is 13.8. The predicted octanol–water partition coefficient (Wildman–Crippen LogP) is 6.18. The third kappa shape index (κ3) is 8.90. The summed E-state index contributed by atoms with van der Waals surface area (Å²) in [5.74, 6) is -3.14. The van der Waals surface area contributed by atoms with Crippen LogP contribution in [0.5, 0.6) is 0 Å². The number of hydrogen-bond donors (Lipinski definition) is 1. The van der Waals surface area contributed by atoms with Crippen LogP contribution in [-0.2, 0) is 28.4 Å². The molecule has 60 heavy (non-hydrogen) atoms. The van der Waals surface area contributed by atoms with Gasteiger partial charge in [-0.2, -0.15) is 4.98 Å². The molecule has 2 fully saturated rings. The molecule has 2 saturated heterocycles. The fourth-order valence-corrected chi connectivity index (χ4v) is 6.90. The van der Waals surface area contributed by atoms with Gasteiger partial charge in [0.25, 0.3) is 5.91 Å². The Morgan fingerprint density at radius 3 is 1.55 bits per heavy atom. The molecule has 2 aliphatic rings. The molecule has 0 radical (unpaired) electrons. The van der Waals surface area contributed by atoms with E-state index < -0.39 is 72.5 Å². The molecule has 0 aliphatic carbocycles. The number of rotatable bonds is 10. The van der Waals surface area contributed by atoms with E-state index in [-0.39, 0.29) is 29.1 Å². The van der Waals surface area contributed by atoms with E-state index in [1.807, 2.05) is 6.07 Å². The number of esters is 3. The van der Waals surface area contributed by atoms with Gasteiger partial charge in [0.1, 0.15) is 18.0 Å². The van der Waals surface area contributed by atoms with Gasteiger partial charge in [-0.25, -0.2) is 19.2 Å². The maximum atomic E-state index is 14.1. The molecule has 1 aromatic heterocycles. The van der Waals surface area contributed by atoms with Crippen molar-refractivity contribution in [3.05, 3.63) is 202 Å². The maximum absolute atomic E-state index is 14.1. The highest BCUT2D eigenvalue weighted by atomic mass is 16.7. The fraction of sp³-hybridized carbons (Fsp3) is 0.174. The molecule has 0 spiro atoms. The van der Waals surface area contributed by atoms with E-state index in [2.05, 4.69) is 10.3 Å². The van der Waals surface area contributed by atoms with Crippen LogP contribution in [-0.4, -0.2) is 70.5 Å². The van der Waals surface area contributed by atoms with E-state index in [0.717, 1.165) is 4.57 Å². The van der Waals surface area contributed by atoms with Crippen molar-refractivity contribution in [1.82, 2.24) is 9.55 Å². The molecule has 6 aromatic rings. The van der Waals surface area contributed by atoms with Crippen LogP contribution in [0.2, 0.25) is 0 Å². The van der Waals surface area contributed by atoms with Crippen molar-refractivity contribution < 1.29 is 47.6 Å². The molecule has 14 nitrogen and oxygen atoms in total. The molecular formula is C46H37N3O11. The first-order valence-electron chi connectivity index (χ1n) is 19.0. The van der Waals surface area contributed by atoms with E-state index in [0.29, 0.717) is 11.1 Å². The van der Waals surface area contributed by atoms with Gasteiger partial charge in [-0.1, -0.05) is 103 Å². The zero-order valence-electron chi connectivity index (χ0n) is 31.7. The molecule has 5 aromatic carbocycles. The minimum absolute atomic E-state index is 0.0776. The predicted molar refractivity (Wildman–Crippen MR) is 214 cm³/mol. The van der Waals surface area contributed by atoms with Crippen molar-refractivity contribution in [3.8, 4) is 0 Å². The van der Waals surface area contributed by atoms with Crippen molar-refractivity contribution in [1.29, 1.82) is 0 Å². The molecule has 0 bridgehead atoms. The van der Waals surface area contributed by atoms with Crippen LogP contribution in [0.15, 0.2) is 169 Å². The summed E-state index contributed by atoms with van der Waals surface area (Å²) in [5, 5.41) is 2.61.